The van der Waals surface area contributed by atoms with Crippen molar-refractivity contribution < 1.29 is 109 Å². The van der Waals surface area contributed by atoms with Crippen molar-refractivity contribution in [3.05, 3.63) is 95.8 Å². The lowest BCUT2D eigenvalue weighted by atomic mass is 9.77. The molecule has 0 unspecified atom stereocenters. The average Bonchev–Trinajstić information content (AvgIpc) is 3.55. The lowest BCUT2D eigenvalue weighted by Crippen LogP contribution is -2.45. The number of hydrogen-bond donors (Lipinski definition) is 0. The summed E-state index contributed by atoms with van der Waals surface area (Å²) in [4.78, 5) is 125. The number of halogens is 1. The third-order valence-corrected chi connectivity index (χ3v) is 13.8. The molecule has 0 amide bonds. The second-order valence-corrected chi connectivity index (χ2v) is 20.4. The number of carbonyl (C=O) groups is 10. The van der Waals surface area contributed by atoms with Gasteiger partial charge in [0.1, 0.15) is 81.0 Å². The van der Waals surface area contributed by atoms with Gasteiger partial charge in [0.25, 0.3) is 0 Å². The van der Waals surface area contributed by atoms with Crippen molar-refractivity contribution in [3.63, 3.8) is 0 Å². The quantitative estimate of drug-likeness (QED) is 0.0225. The second kappa shape index (κ2) is 32.9. The van der Waals surface area contributed by atoms with E-state index in [4.69, 9.17) is 37.9 Å². The van der Waals surface area contributed by atoms with Crippen LogP contribution in [-0.4, -0.2) is 141 Å². The standard InChI is InChI=1S/C61H73FO22/c1-11-13-14-15-39-16-18-41(19-17-39)43-21-23-48(49(62)27-43)47-22-20-42(24-40(47)12-2)44-25-45(77-29-60(31-79-50(63)37(3)4,33-81-56(69)52(65)73-7)34-82-57(70)53(66)74-8)28-46(26-44)78-30-61(32-80-51(64)38(5)6,35-83-58(71)54(67)75-9)36-84-59(72)55(68)76-10/h20-28,39,41H,3,5,11-19,29-36H2,1-2,4,6-10H3. The van der Waals surface area contributed by atoms with Crippen LogP contribution in [0.2, 0.25) is 0 Å². The van der Waals surface area contributed by atoms with E-state index in [0.29, 0.717) is 34.6 Å². The van der Waals surface area contributed by atoms with Crippen LogP contribution in [0.5, 0.6) is 11.5 Å². The average molecular weight is 1180 g/mol. The summed E-state index contributed by atoms with van der Waals surface area (Å²) < 4.78 is 78.8. The van der Waals surface area contributed by atoms with Gasteiger partial charge in [-0.15, -0.1) is 0 Å². The highest BCUT2D eigenvalue weighted by Crippen LogP contribution is 2.41. The van der Waals surface area contributed by atoms with E-state index in [1.54, 1.807) is 24.3 Å². The first-order chi connectivity index (χ1) is 40.0. The molecule has 0 saturated heterocycles. The van der Waals surface area contributed by atoms with Crippen molar-refractivity contribution in [3.8, 4) is 33.8 Å². The van der Waals surface area contributed by atoms with Crippen molar-refractivity contribution in [2.45, 2.75) is 91.4 Å². The Morgan fingerprint density at radius 3 is 1.25 bits per heavy atom. The molecule has 1 aliphatic carbocycles. The number of aryl methyl sites for hydroxylation is 1. The molecule has 4 rings (SSSR count). The Hall–Kier alpha value is -8.63. The number of carbonyl (C=O) groups excluding carboxylic acids is 10. The van der Waals surface area contributed by atoms with Crippen LogP contribution in [0.15, 0.2) is 78.9 Å². The van der Waals surface area contributed by atoms with E-state index in [0.717, 1.165) is 65.2 Å². The fourth-order valence-corrected chi connectivity index (χ4v) is 8.80. The number of benzene rings is 3. The molecular weight excluding hydrogens is 1100 g/mol. The highest BCUT2D eigenvalue weighted by molar-refractivity contribution is 6.30. The van der Waals surface area contributed by atoms with Crippen LogP contribution in [0.4, 0.5) is 4.39 Å². The van der Waals surface area contributed by atoms with Gasteiger partial charge in [0.05, 0.1) is 28.4 Å². The Balaban J connectivity index is 1.90. The van der Waals surface area contributed by atoms with Crippen molar-refractivity contribution in [2.75, 3.05) is 81.3 Å². The molecule has 0 N–H and O–H groups in total. The minimum absolute atomic E-state index is 0.0780. The summed E-state index contributed by atoms with van der Waals surface area (Å²) in [5.41, 5.74) is -0.553. The van der Waals surface area contributed by atoms with Crippen molar-refractivity contribution in [2.24, 2.45) is 16.7 Å². The van der Waals surface area contributed by atoms with Gasteiger partial charge in [-0.05, 0) is 104 Å². The minimum atomic E-state index is -1.95. The maximum absolute atomic E-state index is 16.4. The number of unbranched alkanes of at least 4 members (excludes halogenated alkanes) is 2. The molecule has 1 saturated carbocycles. The zero-order valence-corrected chi connectivity index (χ0v) is 48.6. The maximum Gasteiger partial charge on any atom is 0.417 e. The summed E-state index contributed by atoms with van der Waals surface area (Å²) in [5.74, 6) is -13.3. The molecule has 0 atom stereocenters. The lowest BCUT2D eigenvalue weighted by Gasteiger charge is -2.32. The Bertz CT molecular complexity index is 2710. The first kappa shape index (κ1) is 67.9. The van der Waals surface area contributed by atoms with E-state index in [1.165, 1.54) is 57.7 Å². The summed E-state index contributed by atoms with van der Waals surface area (Å²) in [7, 11) is 3.65. The van der Waals surface area contributed by atoms with Crippen LogP contribution in [0.3, 0.4) is 0 Å². The number of esters is 10. The summed E-state index contributed by atoms with van der Waals surface area (Å²) in [6.45, 7) is 7.34. The van der Waals surface area contributed by atoms with Gasteiger partial charge in [-0.3, -0.25) is 0 Å². The summed E-state index contributed by atoms with van der Waals surface area (Å²) >= 11 is 0. The number of hydrogen-bond acceptors (Lipinski definition) is 22. The molecule has 3 aromatic carbocycles. The molecule has 0 spiro atoms. The Kier molecular flexibility index (Phi) is 26.6. The molecule has 0 aromatic heterocycles. The molecule has 1 aliphatic rings. The molecular formula is C61H73FO22. The van der Waals surface area contributed by atoms with Crippen LogP contribution >= 0.6 is 0 Å². The summed E-state index contributed by atoms with van der Waals surface area (Å²) in [5, 5.41) is 0. The maximum atomic E-state index is 16.4. The minimum Gasteiger partial charge on any atom is -0.492 e. The Morgan fingerprint density at radius 2 is 0.881 bits per heavy atom. The van der Waals surface area contributed by atoms with E-state index < -0.39 is 123 Å². The van der Waals surface area contributed by atoms with Crippen LogP contribution in [-0.2, 0) is 102 Å². The van der Waals surface area contributed by atoms with Crippen molar-refractivity contribution >= 4 is 59.7 Å². The number of ether oxygens (including phenoxy) is 12. The highest BCUT2D eigenvalue weighted by Gasteiger charge is 2.41. The SMILES string of the molecule is C=C(C)C(=O)OCC(COC(=O)C(=O)OC)(COC(=O)C(=O)OC)COc1cc(OCC(COC(=O)C(=C)C)(COC(=O)C(=O)OC)COC(=O)C(=O)OC)cc(-c2ccc(-c3ccc(C4CCC(CCCCC)CC4)cc3F)c(CC)c2)c1. The molecule has 0 bridgehead atoms. The molecule has 456 valence electrons. The van der Waals surface area contributed by atoms with E-state index >= 15 is 4.39 Å². The second-order valence-electron chi connectivity index (χ2n) is 20.4. The lowest BCUT2D eigenvalue weighted by molar-refractivity contribution is -0.177. The van der Waals surface area contributed by atoms with Gasteiger partial charge in [-0.25, -0.2) is 52.3 Å². The third kappa shape index (κ3) is 20.1. The van der Waals surface area contributed by atoms with Crippen LogP contribution in [0.25, 0.3) is 22.3 Å². The van der Waals surface area contributed by atoms with Crippen LogP contribution in [0, 0.1) is 22.6 Å². The molecule has 0 aliphatic heterocycles. The summed E-state index contributed by atoms with van der Waals surface area (Å²) in [6, 6.07) is 15.0. The Labute approximate surface area is 486 Å². The van der Waals surface area contributed by atoms with Gasteiger partial charge in [0.15, 0.2) is 0 Å². The molecule has 3 aromatic rings. The van der Waals surface area contributed by atoms with Crippen molar-refractivity contribution in [1.29, 1.82) is 0 Å². The van der Waals surface area contributed by atoms with E-state index in [1.807, 2.05) is 19.1 Å². The van der Waals surface area contributed by atoms with Gasteiger partial charge in [0.2, 0.25) is 0 Å². The smallest absolute Gasteiger partial charge is 0.417 e. The predicted molar refractivity (Wildman–Crippen MR) is 295 cm³/mol. The van der Waals surface area contributed by atoms with Crippen molar-refractivity contribution in [1.82, 2.24) is 0 Å². The van der Waals surface area contributed by atoms with Crippen LogP contribution < -0.4 is 9.47 Å². The van der Waals surface area contributed by atoms with E-state index in [-0.39, 0.29) is 34.4 Å². The number of rotatable bonds is 28. The topological polar surface area (TPSA) is 281 Å². The summed E-state index contributed by atoms with van der Waals surface area (Å²) in [6.07, 6.45) is 9.44. The van der Waals surface area contributed by atoms with Crippen LogP contribution in [0.1, 0.15) is 96.1 Å². The van der Waals surface area contributed by atoms with E-state index in [9.17, 15) is 47.9 Å². The molecule has 22 nitrogen and oxygen atoms in total. The van der Waals surface area contributed by atoms with Gasteiger partial charge in [-0.1, -0.05) is 83.0 Å². The monoisotopic (exact) mass is 1180 g/mol. The first-order valence-corrected chi connectivity index (χ1v) is 27.0. The van der Waals surface area contributed by atoms with E-state index in [2.05, 4.69) is 39.0 Å². The van der Waals surface area contributed by atoms with Gasteiger partial charge >= 0.3 is 59.7 Å². The van der Waals surface area contributed by atoms with Gasteiger partial charge in [-0.2, -0.15) is 0 Å². The number of methoxy groups -OCH3 is 4. The highest BCUT2D eigenvalue weighted by atomic mass is 19.1. The predicted octanol–water partition coefficient (Wildman–Crippen LogP) is 7.41. The fourth-order valence-electron chi connectivity index (χ4n) is 8.80. The normalized spacial score (nSPS) is 13.8. The zero-order chi connectivity index (χ0) is 62.1. The fraction of sp³-hybridized carbons (Fsp3) is 0.475. The first-order valence-electron chi connectivity index (χ1n) is 27.0. The Morgan fingerprint density at radius 1 is 0.476 bits per heavy atom. The largest absolute Gasteiger partial charge is 0.492 e. The molecule has 0 radical (unpaired) electrons. The zero-order valence-electron chi connectivity index (χ0n) is 48.6. The molecule has 0 heterocycles. The molecule has 23 heteroatoms. The third-order valence-electron chi connectivity index (χ3n) is 13.8. The molecule has 1 fully saturated rings. The molecule has 84 heavy (non-hydrogen) atoms. The van der Waals surface area contributed by atoms with Gasteiger partial charge in [0, 0.05) is 22.8 Å². The van der Waals surface area contributed by atoms with Gasteiger partial charge < -0.3 is 56.8 Å².